The summed E-state index contributed by atoms with van der Waals surface area (Å²) in [7, 11) is 1.84. The standard InChI is InChI=1S/C23H21N7O/c1-14-7-16(5-4-6-24)8-15(2)18(14)31-20-17-9-30(3)29-19(17)26-21(27-20)28-23-10-22(11-23,12-23)13-25/h4-5,7-9H,10-12H2,1-3H3,(H,26,28,29)/b5-4+. The average molecular weight is 411 g/mol. The lowest BCUT2D eigenvalue weighted by Gasteiger charge is -2.66. The van der Waals surface area contributed by atoms with Crippen molar-refractivity contribution in [2.45, 2.75) is 38.6 Å². The summed E-state index contributed by atoms with van der Waals surface area (Å²) in [6.45, 7) is 3.94. The van der Waals surface area contributed by atoms with Crippen molar-refractivity contribution in [2.24, 2.45) is 12.5 Å². The monoisotopic (exact) mass is 411 g/mol. The fourth-order valence-corrected chi connectivity index (χ4v) is 4.87. The number of aryl methyl sites for hydroxylation is 3. The molecular weight excluding hydrogens is 390 g/mol. The van der Waals surface area contributed by atoms with Crippen molar-refractivity contribution >= 4 is 23.1 Å². The zero-order valence-corrected chi connectivity index (χ0v) is 17.6. The second-order valence-corrected chi connectivity index (χ2v) is 8.77. The first-order chi connectivity index (χ1) is 14.8. The normalized spacial score (nSPS) is 23.6. The third kappa shape index (κ3) is 3.08. The molecule has 3 aliphatic rings. The Bertz CT molecular complexity index is 1300. The van der Waals surface area contributed by atoms with Gasteiger partial charge >= 0.3 is 0 Å². The van der Waals surface area contributed by atoms with Gasteiger partial charge in [0, 0.05) is 24.9 Å². The number of allylic oxidation sites excluding steroid dienone is 1. The predicted octanol–water partition coefficient (Wildman–Crippen LogP) is 4.17. The van der Waals surface area contributed by atoms with Gasteiger partial charge in [0.25, 0.3) is 0 Å². The van der Waals surface area contributed by atoms with Gasteiger partial charge in [0.15, 0.2) is 5.65 Å². The lowest BCUT2D eigenvalue weighted by molar-refractivity contribution is -0.0665. The first kappa shape index (κ1) is 19.1. The van der Waals surface area contributed by atoms with E-state index >= 15 is 0 Å². The summed E-state index contributed by atoms with van der Waals surface area (Å²) < 4.78 is 7.99. The van der Waals surface area contributed by atoms with Crippen molar-refractivity contribution in [3.8, 4) is 23.8 Å². The minimum absolute atomic E-state index is 0.0873. The van der Waals surface area contributed by atoms with E-state index in [-0.39, 0.29) is 11.0 Å². The van der Waals surface area contributed by atoms with Gasteiger partial charge in [0.05, 0.1) is 17.6 Å². The Labute approximate surface area is 179 Å². The van der Waals surface area contributed by atoms with Crippen LogP contribution in [0.5, 0.6) is 11.6 Å². The number of hydrogen-bond donors (Lipinski definition) is 1. The maximum atomic E-state index is 9.27. The highest BCUT2D eigenvalue weighted by Gasteiger charge is 2.69. The van der Waals surface area contributed by atoms with Gasteiger partial charge in [-0.05, 0) is 68.0 Å². The third-order valence-corrected chi connectivity index (χ3v) is 6.14. The van der Waals surface area contributed by atoms with E-state index in [2.05, 4.69) is 26.5 Å². The van der Waals surface area contributed by atoms with Crippen LogP contribution in [0, 0.1) is 41.9 Å². The topological polar surface area (TPSA) is 112 Å². The van der Waals surface area contributed by atoms with Crippen LogP contribution in [-0.4, -0.2) is 25.3 Å². The lowest BCUT2D eigenvalue weighted by atomic mass is 9.40. The molecule has 154 valence electrons. The quantitative estimate of drug-likeness (QED) is 0.627. The number of nitrogens with one attached hydrogen (secondary N) is 1. The average Bonchev–Trinajstić information content (AvgIpc) is 3.04. The summed E-state index contributed by atoms with van der Waals surface area (Å²) >= 11 is 0. The number of ether oxygens (including phenoxy) is 1. The number of anilines is 1. The van der Waals surface area contributed by atoms with Crippen molar-refractivity contribution < 1.29 is 4.74 Å². The Morgan fingerprint density at radius 2 is 1.87 bits per heavy atom. The molecule has 3 aromatic rings. The molecule has 3 aliphatic carbocycles. The van der Waals surface area contributed by atoms with Crippen LogP contribution in [0.1, 0.15) is 36.0 Å². The van der Waals surface area contributed by atoms with Crippen LogP contribution in [0.25, 0.3) is 17.1 Å². The summed E-state index contributed by atoms with van der Waals surface area (Å²) in [5.74, 6) is 1.63. The van der Waals surface area contributed by atoms with Gasteiger partial charge in [-0.15, -0.1) is 0 Å². The fourth-order valence-electron chi connectivity index (χ4n) is 4.87. The van der Waals surface area contributed by atoms with Crippen molar-refractivity contribution in [2.75, 3.05) is 5.32 Å². The van der Waals surface area contributed by atoms with Crippen molar-refractivity contribution in [3.63, 3.8) is 0 Å². The lowest BCUT2D eigenvalue weighted by Crippen LogP contribution is -2.70. The van der Waals surface area contributed by atoms with Crippen LogP contribution in [0.15, 0.2) is 24.4 Å². The minimum atomic E-state index is -0.155. The Kier molecular flexibility index (Phi) is 4.03. The highest BCUT2D eigenvalue weighted by molar-refractivity contribution is 5.81. The van der Waals surface area contributed by atoms with Gasteiger partial charge in [-0.1, -0.05) is 0 Å². The smallest absolute Gasteiger partial charge is 0.235 e. The summed E-state index contributed by atoms with van der Waals surface area (Å²) in [5, 5.41) is 26.6. The maximum Gasteiger partial charge on any atom is 0.235 e. The van der Waals surface area contributed by atoms with Crippen LogP contribution >= 0.6 is 0 Å². The first-order valence-corrected chi connectivity index (χ1v) is 10.1. The molecule has 31 heavy (non-hydrogen) atoms. The number of benzene rings is 1. The van der Waals surface area contributed by atoms with Crippen molar-refractivity contribution in [1.82, 2.24) is 19.7 Å². The van der Waals surface area contributed by atoms with Crippen LogP contribution in [0.4, 0.5) is 5.95 Å². The molecule has 2 aromatic heterocycles. The van der Waals surface area contributed by atoms with E-state index in [1.165, 1.54) is 6.08 Å². The molecule has 1 aromatic carbocycles. The number of aromatic nitrogens is 4. The highest BCUT2D eigenvalue weighted by Crippen LogP contribution is 2.67. The van der Waals surface area contributed by atoms with Gasteiger partial charge < -0.3 is 10.1 Å². The molecule has 0 spiro atoms. The minimum Gasteiger partial charge on any atom is -0.437 e. The van der Waals surface area contributed by atoms with Gasteiger partial charge in [-0.2, -0.15) is 25.6 Å². The number of nitriles is 2. The van der Waals surface area contributed by atoms with E-state index in [1.807, 2.05) is 45.3 Å². The van der Waals surface area contributed by atoms with E-state index in [4.69, 9.17) is 10.00 Å². The second kappa shape index (κ2) is 6.55. The number of nitrogens with zero attached hydrogens (tertiary/aromatic N) is 6. The molecule has 8 nitrogen and oxygen atoms in total. The fraction of sp³-hybridized carbons (Fsp3) is 0.348. The summed E-state index contributed by atoms with van der Waals surface area (Å²) in [5.41, 5.74) is 3.14. The zero-order valence-electron chi connectivity index (χ0n) is 17.6. The number of rotatable bonds is 5. The maximum absolute atomic E-state index is 9.27. The molecule has 3 saturated carbocycles. The van der Waals surface area contributed by atoms with Gasteiger partial charge in [-0.25, -0.2) is 0 Å². The van der Waals surface area contributed by atoms with E-state index in [0.717, 1.165) is 47.1 Å². The predicted molar refractivity (Wildman–Crippen MR) is 115 cm³/mol. The van der Waals surface area contributed by atoms with E-state index in [0.29, 0.717) is 17.5 Å². The number of fused-ring (bicyclic) bond motifs is 1. The Balaban J connectivity index is 1.49. The van der Waals surface area contributed by atoms with Gasteiger partial charge in [-0.3, -0.25) is 4.68 Å². The zero-order chi connectivity index (χ0) is 21.8. The molecular formula is C23H21N7O. The first-order valence-electron chi connectivity index (χ1n) is 10.1. The van der Waals surface area contributed by atoms with Crippen molar-refractivity contribution in [1.29, 1.82) is 10.5 Å². The molecule has 2 bridgehead atoms. The summed E-state index contributed by atoms with van der Waals surface area (Å²) in [4.78, 5) is 9.24. The number of hydrogen-bond acceptors (Lipinski definition) is 7. The molecule has 3 fully saturated rings. The Hall–Kier alpha value is -3.91. The van der Waals surface area contributed by atoms with Crippen LogP contribution in [0.2, 0.25) is 0 Å². The molecule has 0 unspecified atom stereocenters. The molecule has 0 amide bonds. The summed E-state index contributed by atoms with van der Waals surface area (Å²) in [6.07, 6.45) is 7.55. The Morgan fingerprint density at radius 3 is 2.52 bits per heavy atom. The van der Waals surface area contributed by atoms with E-state index in [9.17, 15) is 5.26 Å². The SMILES string of the molecule is Cc1cc(/C=C/C#N)cc(C)c1Oc1nc(NC23CC(C#N)(C2)C3)nc2nn(C)cc12. The largest absolute Gasteiger partial charge is 0.437 e. The molecule has 2 heterocycles. The van der Waals surface area contributed by atoms with E-state index < -0.39 is 0 Å². The van der Waals surface area contributed by atoms with Crippen LogP contribution in [0.3, 0.4) is 0 Å². The molecule has 0 atom stereocenters. The molecule has 8 heteroatoms. The van der Waals surface area contributed by atoms with Crippen molar-refractivity contribution in [3.05, 3.63) is 41.1 Å². The Morgan fingerprint density at radius 1 is 1.16 bits per heavy atom. The molecule has 6 rings (SSSR count). The van der Waals surface area contributed by atoms with Gasteiger partial charge in [0.1, 0.15) is 11.1 Å². The third-order valence-electron chi connectivity index (χ3n) is 6.14. The van der Waals surface area contributed by atoms with E-state index in [1.54, 1.807) is 10.8 Å². The van der Waals surface area contributed by atoms with Gasteiger partial charge in [0.2, 0.25) is 11.8 Å². The molecule has 0 saturated heterocycles. The molecule has 1 N–H and O–H groups in total. The second-order valence-electron chi connectivity index (χ2n) is 8.77. The van der Waals surface area contributed by atoms with Crippen LogP contribution < -0.4 is 10.1 Å². The highest BCUT2D eigenvalue weighted by atomic mass is 16.5. The molecule has 0 aliphatic heterocycles. The molecule has 0 radical (unpaired) electrons. The summed E-state index contributed by atoms with van der Waals surface area (Å²) in [6, 6.07) is 8.37. The van der Waals surface area contributed by atoms with Crippen LogP contribution in [-0.2, 0) is 7.05 Å².